The van der Waals surface area contributed by atoms with Gasteiger partial charge in [-0.1, -0.05) is 13.0 Å². The van der Waals surface area contributed by atoms with Crippen molar-refractivity contribution in [3.63, 3.8) is 0 Å². The molecule has 2 nitrogen and oxygen atoms in total. The van der Waals surface area contributed by atoms with Gasteiger partial charge in [0, 0.05) is 18.3 Å². The maximum Gasteiger partial charge on any atom is 0.0991 e. The molecule has 18 heavy (non-hydrogen) atoms. The topological polar surface area (TPSA) is 27.0 Å². The lowest BCUT2D eigenvalue weighted by molar-refractivity contribution is 0.247. The van der Waals surface area contributed by atoms with E-state index in [1.165, 1.54) is 23.3 Å². The summed E-state index contributed by atoms with van der Waals surface area (Å²) in [6.07, 6.45) is 3.33. The molecule has 0 amide bonds. The van der Waals surface area contributed by atoms with Gasteiger partial charge in [-0.3, -0.25) is 4.90 Å². The molecule has 0 N–H and O–H groups in total. The highest BCUT2D eigenvalue weighted by molar-refractivity contribution is 7.98. The Hall–Kier alpha value is -0.980. The average Bonchev–Trinajstić information content (AvgIpc) is 2.38. The molecule has 0 aromatic heterocycles. The van der Waals surface area contributed by atoms with Crippen LogP contribution in [-0.2, 0) is 6.54 Å². The first kappa shape index (κ1) is 15.1. The molecule has 0 bridgehead atoms. The maximum absolute atomic E-state index is 8.87. The van der Waals surface area contributed by atoms with E-state index >= 15 is 0 Å². The number of nitrogens with zero attached hydrogens (tertiary/aromatic N) is 2. The standard InChI is InChI=1S/C15H22N2S/c1-5-15(11-18-4)17(3)10-14-7-6-13(9-16)8-12(14)2/h6-8,15H,5,10-11H2,1-4H3. The Morgan fingerprint density at radius 2 is 2.17 bits per heavy atom. The molecule has 1 rings (SSSR count). The smallest absolute Gasteiger partial charge is 0.0991 e. The molecule has 1 atom stereocenters. The zero-order chi connectivity index (χ0) is 13.5. The van der Waals surface area contributed by atoms with E-state index in [2.05, 4.69) is 44.2 Å². The minimum Gasteiger partial charge on any atom is -0.298 e. The van der Waals surface area contributed by atoms with Crippen molar-refractivity contribution < 1.29 is 0 Å². The Morgan fingerprint density at radius 3 is 2.67 bits per heavy atom. The van der Waals surface area contributed by atoms with Crippen LogP contribution in [0.3, 0.4) is 0 Å². The van der Waals surface area contributed by atoms with E-state index in [4.69, 9.17) is 5.26 Å². The lowest BCUT2D eigenvalue weighted by atomic mass is 10.0. The molecule has 0 heterocycles. The maximum atomic E-state index is 8.87. The molecule has 0 radical (unpaired) electrons. The molecule has 1 aromatic carbocycles. The van der Waals surface area contributed by atoms with E-state index in [1.54, 1.807) is 0 Å². The second-order valence-electron chi connectivity index (χ2n) is 4.69. The van der Waals surface area contributed by atoms with Crippen molar-refractivity contribution in [3.05, 3.63) is 34.9 Å². The number of nitriles is 1. The molecular formula is C15H22N2S. The van der Waals surface area contributed by atoms with Crippen LogP contribution < -0.4 is 0 Å². The van der Waals surface area contributed by atoms with Crippen LogP contribution in [0.25, 0.3) is 0 Å². The minimum atomic E-state index is 0.620. The Labute approximate surface area is 115 Å². The highest BCUT2D eigenvalue weighted by atomic mass is 32.2. The molecule has 0 aliphatic heterocycles. The second kappa shape index (κ2) is 7.45. The summed E-state index contributed by atoms with van der Waals surface area (Å²) in [5, 5.41) is 8.87. The molecule has 1 aromatic rings. The van der Waals surface area contributed by atoms with E-state index in [0.29, 0.717) is 6.04 Å². The first-order chi connectivity index (χ1) is 8.62. The van der Waals surface area contributed by atoms with E-state index in [1.807, 2.05) is 23.9 Å². The molecule has 0 aliphatic rings. The van der Waals surface area contributed by atoms with Crippen molar-refractivity contribution in [3.8, 4) is 6.07 Å². The summed E-state index contributed by atoms with van der Waals surface area (Å²) in [5.74, 6) is 1.17. The highest BCUT2D eigenvalue weighted by Crippen LogP contribution is 2.16. The molecule has 0 aliphatic carbocycles. The largest absolute Gasteiger partial charge is 0.298 e. The van der Waals surface area contributed by atoms with Crippen LogP contribution in [0, 0.1) is 18.3 Å². The zero-order valence-corrected chi connectivity index (χ0v) is 12.5. The summed E-state index contributed by atoms with van der Waals surface area (Å²) in [5.41, 5.74) is 3.27. The van der Waals surface area contributed by atoms with Gasteiger partial charge in [-0.05, 0) is 49.9 Å². The molecule has 3 heteroatoms. The van der Waals surface area contributed by atoms with Crippen molar-refractivity contribution in [2.24, 2.45) is 0 Å². The van der Waals surface area contributed by atoms with Crippen LogP contribution in [0.15, 0.2) is 18.2 Å². The fraction of sp³-hybridized carbons (Fsp3) is 0.533. The summed E-state index contributed by atoms with van der Waals surface area (Å²) >= 11 is 1.90. The van der Waals surface area contributed by atoms with Crippen molar-refractivity contribution >= 4 is 11.8 Å². The van der Waals surface area contributed by atoms with Crippen molar-refractivity contribution in [1.82, 2.24) is 4.90 Å². The van der Waals surface area contributed by atoms with E-state index < -0.39 is 0 Å². The molecular weight excluding hydrogens is 240 g/mol. The third-order valence-corrected chi connectivity index (χ3v) is 4.06. The molecule has 0 fully saturated rings. The fourth-order valence-corrected chi connectivity index (χ4v) is 2.96. The van der Waals surface area contributed by atoms with Gasteiger partial charge in [-0.2, -0.15) is 17.0 Å². The van der Waals surface area contributed by atoms with Crippen LogP contribution in [0.2, 0.25) is 0 Å². The summed E-state index contributed by atoms with van der Waals surface area (Å²) in [4.78, 5) is 2.41. The van der Waals surface area contributed by atoms with Gasteiger partial charge < -0.3 is 0 Å². The molecule has 0 saturated heterocycles. The van der Waals surface area contributed by atoms with Gasteiger partial charge in [0.25, 0.3) is 0 Å². The first-order valence-electron chi connectivity index (χ1n) is 6.31. The van der Waals surface area contributed by atoms with Gasteiger partial charge in [0.05, 0.1) is 11.6 Å². The highest BCUT2D eigenvalue weighted by Gasteiger charge is 2.13. The number of aryl methyl sites for hydroxylation is 1. The lowest BCUT2D eigenvalue weighted by Gasteiger charge is -2.27. The van der Waals surface area contributed by atoms with Gasteiger partial charge in [-0.25, -0.2) is 0 Å². The van der Waals surface area contributed by atoms with Crippen LogP contribution >= 0.6 is 11.8 Å². The van der Waals surface area contributed by atoms with Crippen LogP contribution in [-0.4, -0.2) is 30.0 Å². The van der Waals surface area contributed by atoms with Crippen molar-refractivity contribution in [2.75, 3.05) is 19.1 Å². The van der Waals surface area contributed by atoms with Crippen molar-refractivity contribution in [1.29, 1.82) is 5.26 Å². The Bertz CT molecular complexity index is 423. The van der Waals surface area contributed by atoms with E-state index in [9.17, 15) is 0 Å². The third-order valence-electron chi connectivity index (χ3n) is 3.35. The summed E-state index contributed by atoms with van der Waals surface area (Å²) < 4.78 is 0. The second-order valence-corrected chi connectivity index (χ2v) is 5.60. The number of hydrogen-bond acceptors (Lipinski definition) is 3. The van der Waals surface area contributed by atoms with Crippen LogP contribution in [0.1, 0.15) is 30.0 Å². The fourth-order valence-electron chi connectivity index (χ4n) is 2.09. The average molecular weight is 262 g/mol. The minimum absolute atomic E-state index is 0.620. The summed E-state index contributed by atoms with van der Waals surface area (Å²) in [6.45, 7) is 5.28. The molecule has 0 saturated carbocycles. The predicted octanol–water partition coefficient (Wildman–Crippen LogP) is 3.44. The normalized spacial score (nSPS) is 12.4. The number of thioether (sulfide) groups is 1. The van der Waals surface area contributed by atoms with Crippen LogP contribution in [0.4, 0.5) is 0 Å². The number of hydrogen-bond donors (Lipinski definition) is 0. The summed E-state index contributed by atoms with van der Waals surface area (Å²) in [7, 11) is 2.18. The predicted molar refractivity (Wildman–Crippen MR) is 79.8 cm³/mol. The zero-order valence-electron chi connectivity index (χ0n) is 11.7. The first-order valence-corrected chi connectivity index (χ1v) is 7.70. The van der Waals surface area contributed by atoms with Crippen LogP contribution in [0.5, 0.6) is 0 Å². The number of benzene rings is 1. The third kappa shape index (κ3) is 4.04. The number of rotatable bonds is 6. The van der Waals surface area contributed by atoms with Gasteiger partial charge in [0.15, 0.2) is 0 Å². The SMILES string of the molecule is CCC(CSC)N(C)Cc1ccc(C#N)cc1C. The summed E-state index contributed by atoms with van der Waals surface area (Å²) in [6, 6.07) is 8.76. The monoisotopic (exact) mass is 262 g/mol. The lowest BCUT2D eigenvalue weighted by Crippen LogP contribution is -2.32. The quantitative estimate of drug-likeness (QED) is 0.786. The van der Waals surface area contributed by atoms with Gasteiger partial charge in [-0.15, -0.1) is 0 Å². The molecule has 98 valence electrons. The van der Waals surface area contributed by atoms with E-state index in [-0.39, 0.29) is 0 Å². The van der Waals surface area contributed by atoms with Gasteiger partial charge >= 0.3 is 0 Å². The Balaban J connectivity index is 2.75. The Morgan fingerprint density at radius 1 is 1.44 bits per heavy atom. The Kier molecular flexibility index (Phi) is 6.24. The molecule has 1 unspecified atom stereocenters. The van der Waals surface area contributed by atoms with E-state index in [0.717, 1.165) is 12.1 Å². The molecule has 0 spiro atoms. The van der Waals surface area contributed by atoms with Crippen molar-refractivity contribution in [2.45, 2.75) is 32.9 Å². The van der Waals surface area contributed by atoms with Gasteiger partial charge in [0.2, 0.25) is 0 Å². The van der Waals surface area contributed by atoms with Gasteiger partial charge in [0.1, 0.15) is 0 Å².